The zero-order valence-corrected chi connectivity index (χ0v) is 14.6. The predicted octanol–water partition coefficient (Wildman–Crippen LogP) is 3.90. The maximum Gasteiger partial charge on any atom is 0.435 e. The highest BCUT2D eigenvalue weighted by molar-refractivity contribution is 5.96. The number of alkyl halides is 3. The van der Waals surface area contributed by atoms with Crippen molar-refractivity contribution in [1.29, 1.82) is 0 Å². The van der Waals surface area contributed by atoms with Gasteiger partial charge in [-0.2, -0.15) is 18.3 Å². The number of para-hydroxylation sites is 2. The normalized spacial score (nSPS) is 13.5. The number of nitrogens with one attached hydrogen (secondary N) is 1. The van der Waals surface area contributed by atoms with E-state index in [2.05, 4.69) is 10.4 Å². The highest BCUT2D eigenvalue weighted by Crippen LogP contribution is 2.38. The zero-order valence-electron chi connectivity index (χ0n) is 14.6. The molecule has 0 atom stereocenters. The highest BCUT2D eigenvalue weighted by atomic mass is 19.4. The number of aromatic nitrogens is 2. The molecule has 0 aliphatic carbocycles. The van der Waals surface area contributed by atoms with Crippen molar-refractivity contribution in [2.24, 2.45) is 0 Å². The lowest BCUT2D eigenvalue weighted by atomic mass is 10.1. The van der Waals surface area contributed by atoms with E-state index in [9.17, 15) is 18.0 Å². The van der Waals surface area contributed by atoms with Crippen LogP contribution in [0.3, 0.4) is 0 Å². The van der Waals surface area contributed by atoms with Crippen molar-refractivity contribution in [3.05, 3.63) is 54.2 Å². The Balaban J connectivity index is 1.90. The van der Waals surface area contributed by atoms with Crippen LogP contribution in [0.1, 0.15) is 5.69 Å². The van der Waals surface area contributed by atoms with Gasteiger partial charge in [0, 0.05) is 5.56 Å². The molecule has 1 aliphatic heterocycles. The molecule has 1 N–H and O–H groups in total. The van der Waals surface area contributed by atoms with Gasteiger partial charge in [0.1, 0.15) is 17.2 Å². The molecule has 1 aliphatic rings. The lowest BCUT2D eigenvalue weighted by Crippen LogP contribution is -2.25. The number of anilines is 1. The minimum atomic E-state index is -4.62. The van der Waals surface area contributed by atoms with E-state index in [1.54, 1.807) is 42.5 Å². The van der Waals surface area contributed by atoms with Crippen molar-refractivity contribution < 1.29 is 27.4 Å². The van der Waals surface area contributed by atoms with E-state index in [-0.39, 0.29) is 18.2 Å². The smallest absolute Gasteiger partial charge is 0.435 e. The van der Waals surface area contributed by atoms with Crippen molar-refractivity contribution in [3.63, 3.8) is 0 Å². The van der Waals surface area contributed by atoms with Crippen LogP contribution in [0.15, 0.2) is 48.5 Å². The fraction of sp³-hybridized carbons (Fsp3) is 0.158. The van der Waals surface area contributed by atoms with Gasteiger partial charge >= 0.3 is 6.18 Å². The molecule has 2 aromatic carbocycles. The van der Waals surface area contributed by atoms with Gasteiger partial charge in [0.25, 0.3) is 5.91 Å². The summed E-state index contributed by atoms with van der Waals surface area (Å²) in [5, 5.41) is 6.41. The van der Waals surface area contributed by atoms with Crippen LogP contribution in [0.4, 0.5) is 18.9 Å². The summed E-state index contributed by atoms with van der Waals surface area (Å²) in [6.07, 6.45) is -4.62. The van der Waals surface area contributed by atoms with Crippen LogP contribution < -0.4 is 14.8 Å². The molecule has 6 nitrogen and oxygen atoms in total. The first-order valence-electron chi connectivity index (χ1n) is 8.24. The topological polar surface area (TPSA) is 65.4 Å². The summed E-state index contributed by atoms with van der Waals surface area (Å²) in [5.74, 6) is 0.483. The van der Waals surface area contributed by atoms with Crippen LogP contribution in [0, 0.1) is 0 Å². The second-order valence-corrected chi connectivity index (χ2v) is 6.04. The number of carbonyl (C=O) groups is 1. The second kappa shape index (κ2) is 6.59. The Labute approximate surface area is 157 Å². The summed E-state index contributed by atoms with van der Waals surface area (Å²) in [7, 11) is 1.43. The summed E-state index contributed by atoms with van der Waals surface area (Å²) in [6, 6.07) is 12.3. The molecule has 0 unspecified atom stereocenters. The molecule has 1 aromatic heterocycles. The van der Waals surface area contributed by atoms with Crippen LogP contribution >= 0.6 is 0 Å². The van der Waals surface area contributed by atoms with Gasteiger partial charge in [-0.25, -0.2) is 4.68 Å². The first-order valence-corrected chi connectivity index (χ1v) is 8.24. The first kappa shape index (κ1) is 17.9. The molecule has 3 aromatic rings. The highest BCUT2D eigenvalue weighted by Gasteiger charge is 2.35. The van der Waals surface area contributed by atoms with Gasteiger partial charge in [-0.05, 0) is 36.4 Å². The third kappa shape index (κ3) is 3.15. The van der Waals surface area contributed by atoms with Crippen LogP contribution in [0.25, 0.3) is 16.9 Å². The maximum absolute atomic E-state index is 13.3. The summed E-state index contributed by atoms with van der Waals surface area (Å²) >= 11 is 0. The molecule has 0 spiro atoms. The van der Waals surface area contributed by atoms with Gasteiger partial charge in [0.15, 0.2) is 12.3 Å². The van der Waals surface area contributed by atoms with E-state index in [0.717, 1.165) is 6.07 Å². The average molecular weight is 389 g/mol. The van der Waals surface area contributed by atoms with E-state index in [1.807, 2.05) is 0 Å². The van der Waals surface area contributed by atoms with E-state index in [1.165, 1.54) is 11.8 Å². The molecule has 28 heavy (non-hydrogen) atoms. The quantitative estimate of drug-likeness (QED) is 0.738. The number of methoxy groups -OCH3 is 1. The van der Waals surface area contributed by atoms with E-state index in [4.69, 9.17) is 9.47 Å². The molecule has 1 amide bonds. The number of ether oxygens (including phenoxy) is 2. The minimum absolute atomic E-state index is 0.107. The number of carbonyl (C=O) groups excluding carboxylic acids is 1. The van der Waals surface area contributed by atoms with Gasteiger partial charge in [-0.15, -0.1) is 0 Å². The Morgan fingerprint density at radius 1 is 1.18 bits per heavy atom. The van der Waals surface area contributed by atoms with Crippen molar-refractivity contribution in [3.8, 4) is 28.4 Å². The summed E-state index contributed by atoms with van der Waals surface area (Å²) in [6.45, 7) is -0.107. The van der Waals surface area contributed by atoms with Crippen LogP contribution in [0.2, 0.25) is 0 Å². The Kier molecular flexibility index (Phi) is 4.21. The molecule has 0 bridgehead atoms. The third-order valence-electron chi connectivity index (χ3n) is 4.22. The number of benzene rings is 2. The molecule has 0 radical (unpaired) electrons. The Morgan fingerprint density at radius 2 is 1.96 bits per heavy atom. The SMILES string of the molecule is COc1ccccc1-n1nc(C(F)(F)F)cc1-c1ccc2c(c1)NC(=O)CO2. The van der Waals surface area contributed by atoms with E-state index >= 15 is 0 Å². The first-order chi connectivity index (χ1) is 13.4. The molecule has 144 valence electrons. The molecule has 0 saturated carbocycles. The molecule has 9 heteroatoms. The number of nitrogens with zero attached hydrogens (tertiary/aromatic N) is 2. The fourth-order valence-corrected chi connectivity index (χ4v) is 2.96. The predicted molar refractivity (Wildman–Crippen MR) is 94.7 cm³/mol. The van der Waals surface area contributed by atoms with E-state index in [0.29, 0.717) is 28.4 Å². The number of fused-ring (bicyclic) bond motifs is 1. The van der Waals surface area contributed by atoms with Gasteiger partial charge in [-0.3, -0.25) is 4.79 Å². The van der Waals surface area contributed by atoms with Gasteiger partial charge in [0.2, 0.25) is 0 Å². The summed E-state index contributed by atoms with van der Waals surface area (Å²) in [4.78, 5) is 11.6. The number of hydrogen-bond acceptors (Lipinski definition) is 4. The van der Waals surface area contributed by atoms with Gasteiger partial charge < -0.3 is 14.8 Å². The minimum Gasteiger partial charge on any atom is -0.494 e. The number of rotatable bonds is 3. The number of halogens is 3. The second-order valence-electron chi connectivity index (χ2n) is 6.04. The van der Waals surface area contributed by atoms with Gasteiger partial charge in [0.05, 0.1) is 18.5 Å². The average Bonchev–Trinajstić information content (AvgIpc) is 3.13. The third-order valence-corrected chi connectivity index (χ3v) is 4.22. The van der Waals surface area contributed by atoms with Crippen molar-refractivity contribution >= 4 is 11.6 Å². The molecule has 0 saturated heterocycles. The molecule has 2 heterocycles. The lowest BCUT2D eigenvalue weighted by molar-refractivity contribution is -0.141. The van der Waals surface area contributed by atoms with Crippen molar-refractivity contribution in [1.82, 2.24) is 9.78 Å². The molecule has 0 fully saturated rings. The van der Waals surface area contributed by atoms with Crippen LogP contribution in [-0.4, -0.2) is 29.4 Å². The standard InChI is InChI=1S/C19H14F3N3O3/c1-27-16-5-3-2-4-13(16)25-14(9-17(24-25)19(20,21)22)11-6-7-15-12(8-11)23-18(26)10-28-15/h2-9H,10H2,1H3,(H,23,26). The van der Waals surface area contributed by atoms with Crippen molar-refractivity contribution in [2.75, 3.05) is 19.0 Å². The van der Waals surface area contributed by atoms with Crippen molar-refractivity contribution in [2.45, 2.75) is 6.18 Å². The van der Waals surface area contributed by atoms with Crippen LogP contribution in [-0.2, 0) is 11.0 Å². The monoisotopic (exact) mass is 389 g/mol. The Morgan fingerprint density at radius 3 is 2.71 bits per heavy atom. The summed E-state index contributed by atoms with van der Waals surface area (Å²) < 4.78 is 51.8. The summed E-state index contributed by atoms with van der Waals surface area (Å²) in [5.41, 5.74) is 0.327. The van der Waals surface area contributed by atoms with Gasteiger partial charge in [-0.1, -0.05) is 12.1 Å². The molecular weight excluding hydrogens is 375 g/mol. The Bertz CT molecular complexity index is 1060. The lowest BCUT2D eigenvalue weighted by Gasteiger charge is -2.19. The number of hydrogen-bond donors (Lipinski definition) is 1. The molecule has 4 rings (SSSR count). The zero-order chi connectivity index (χ0) is 19.9. The maximum atomic E-state index is 13.3. The molecular formula is C19H14F3N3O3. The fourth-order valence-electron chi connectivity index (χ4n) is 2.96. The Hall–Kier alpha value is -3.49. The number of amides is 1. The van der Waals surface area contributed by atoms with E-state index < -0.39 is 11.9 Å². The van der Waals surface area contributed by atoms with Crippen LogP contribution in [0.5, 0.6) is 11.5 Å². The largest absolute Gasteiger partial charge is 0.494 e.